The van der Waals surface area contributed by atoms with E-state index < -0.39 is 5.97 Å². The summed E-state index contributed by atoms with van der Waals surface area (Å²) in [6.07, 6.45) is 2.33. The topological polar surface area (TPSA) is 124 Å². The van der Waals surface area contributed by atoms with Crippen molar-refractivity contribution >= 4 is 16.7 Å². The number of benzene rings is 2. The molecule has 0 fully saturated rings. The molecule has 10 heteroatoms. The molecule has 204 valence electrons. The molecular weight excluding hydrogens is 502 g/mol. The second-order valence-electron chi connectivity index (χ2n) is 8.35. The number of hydrogen-bond acceptors (Lipinski definition) is 10. The van der Waals surface area contributed by atoms with Crippen molar-refractivity contribution in [2.45, 2.75) is 13.0 Å². The fourth-order valence-corrected chi connectivity index (χ4v) is 4.12. The zero-order valence-electron chi connectivity index (χ0n) is 22.4. The maximum atomic E-state index is 13.0. The monoisotopic (exact) mass is 533 g/mol. The third kappa shape index (κ3) is 5.96. The van der Waals surface area contributed by atoms with E-state index in [1.165, 1.54) is 28.4 Å². The van der Waals surface area contributed by atoms with Gasteiger partial charge in [0.1, 0.15) is 12.4 Å². The van der Waals surface area contributed by atoms with Crippen LogP contribution in [0.5, 0.6) is 28.9 Å². The minimum Gasteiger partial charge on any atom is -0.493 e. The summed E-state index contributed by atoms with van der Waals surface area (Å²) in [6.45, 7) is 1.05. The van der Waals surface area contributed by atoms with Crippen LogP contribution >= 0.6 is 0 Å². The number of ether oxygens (including phenoxy) is 6. The van der Waals surface area contributed by atoms with Gasteiger partial charge in [0, 0.05) is 17.1 Å². The Hall–Kier alpha value is -4.57. The summed E-state index contributed by atoms with van der Waals surface area (Å²) < 4.78 is 33.7. The second kappa shape index (κ2) is 12.8. The number of fused-ring (bicyclic) bond motifs is 1. The Morgan fingerprint density at radius 3 is 2.28 bits per heavy atom. The average molecular weight is 534 g/mol. The number of rotatable bonds is 12. The summed E-state index contributed by atoms with van der Waals surface area (Å²) in [4.78, 5) is 21.9. The maximum Gasteiger partial charge on any atom is 0.357 e. The molecule has 39 heavy (non-hydrogen) atoms. The molecule has 2 aromatic carbocycles. The van der Waals surface area contributed by atoms with E-state index >= 15 is 0 Å². The minimum atomic E-state index is -0.625. The van der Waals surface area contributed by atoms with Gasteiger partial charge in [-0.25, -0.2) is 9.78 Å². The first-order chi connectivity index (χ1) is 19.0. The van der Waals surface area contributed by atoms with Crippen molar-refractivity contribution < 1.29 is 33.2 Å². The second-order valence-corrected chi connectivity index (χ2v) is 8.35. The van der Waals surface area contributed by atoms with E-state index in [0.29, 0.717) is 64.5 Å². The molecule has 0 spiro atoms. The third-order valence-electron chi connectivity index (χ3n) is 5.97. The summed E-state index contributed by atoms with van der Waals surface area (Å²) in [5, 5.41) is 1.33. The Labute approximate surface area is 226 Å². The van der Waals surface area contributed by atoms with E-state index in [-0.39, 0.29) is 18.2 Å². The van der Waals surface area contributed by atoms with Gasteiger partial charge in [-0.1, -0.05) is 6.07 Å². The van der Waals surface area contributed by atoms with Gasteiger partial charge in [-0.05, 0) is 66.4 Å². The Bertz CT molecular complexity index is 1420. The van der Waals surface area contributed by atoms with E-state index in [0.717, 1.165) is 5.69 Å². The van der Waals surface area contributed by atoms with Gasteiger partial charge in [0.2, 0.25) is 11.6 Å². The molecule has 4 aromatic rings. The zero-order chi connectivity index (χ0) is 27.8. The highest BCUT2D eigenvalue weighted by Gasteiger charge is 2.25. The van der Waals surface area contributed by atoms with Crippen molar-refractivity contribution in [2.24, 2.45) is 5.73 Å². The van der Waals surface area contributed by atoms with Crippen LogP contribution in [0.2, 0.25) is 0 Å². The number of carbonyl (C=O) groups excluding carboxylic acids is 1. The van der Waals surface area contributed by atoms with Gasteiger partial charge in [0.05, 0.1) is 40.7 Å². The summed E-state index contributed by atoms with van der Waals surface area (Å²) in [5.74, 6) is 1.50. The molecule has 0 bridgehead atoms. The largest absolute Gasteiger partial charge is 0.493 e. The lowest BCUT2D eigenvalue weighted by Crippen LogP contribution is -2.12. The molecular formula is C29H31N3O7. The first-order valence-corrected chi connectivity index (χ1v) is 12.3. The molecule has 0 unspecified atom stereocenters. The van der Waals surface area contributed by atoms with Gasteiger partial charge in [-0.2, -0.15) is 0 Å². The molecule has 2 aromatic heterocycles. The highest BCUT2D eigenvalue weighted by atomic mass is 16.5. The van der Waals surface area contributed by atoms with Crippen molar-refractivity contribution in [3.05, 3.63) is 66.1 Å². The third-order valence-corrected chi connectivity index (χ3v) is 5.97. The Kier molecular flexibility index (Phi) is 9.01. The van der Waals surface area contributed by atoms with Crippen LogP contribution in [0.15, 0.2) is 54.7 Å². The van der Waals surface area contributed by atoms with Crippen molar-refractivity contribution in [3.8, 4) is 40.0 Å². The van der Waals surface area contributed by atoms with Crippen LogP contribution in [0.1, 0.15) is 22.6 Å². The molecule has 2 heterocycles. The molecule has 4 rings (SSSR count). The predicted octanol–water partition coefficient (Wildman–Crippen LogP) is 4.42. The number of pyridine rings is 2. The van der Waals surface area contributed by atoms with E-state index in [4.69, 9.17) is 34.2 Å². The normalized spacial score (nSPS) is 10.7. The van der Waals surface area contributed by atoms with Crippen LogP contribution in [-0.4, -0.2) is 57.5 Å². The number of nitrogens with two attached hydrogens (primary N) is 1. The summed E-state index contributed by atoms with van der Waals surface area (Å²) >= 11 is 0. The molecule has 0 radical (unpaired) electrons. The van der Waals surface area contributed by atoms with Crippen molar-refractivity contribution in [1.82, 2.24) is 9.97 Å². The molecule has 0 aliphatic carbocycles. The van der Waals surface area contributed by atoms with Gasteiger partial charge in [-0.3, -0.25) is 4.98 Å². The van der Waals surface area contributed by atoms with Crippen LogP contribution in [0.25, 0.3) is 21.9 Å². The lowest BCUT2D eigenvalue weighted by atomic mass is 9.96. The highest BCUT2D eigenvalue weighted by molar-refractivity contribution is 6.08. The van der Waals surface area contributed by atoms with Crippen molar-refractivity contribution in [1.29, 1.82) is 0 Å². The molecule has 0 amide bonds. The quantitative estimate of drug-likeness (QED) is 0.207. The Balaban J connectivity index is 1.93. The van der Waals surface area contributed by atoms with Crippen LogP contribution < -0.4 is 29.4 Å². The molecule has 2 N–H and O–H groups in total. The van der Waals surface area contributed by atoms with Crippen LogP contribution in [-0.2, 0) is 11.3 Å². The maximum absolute atomic E-state index is 13.0. The SMILES string of the molecule is COC(=O)c1nc(OCCCN)c2cc(OCc3ccccn3)ccc2c1-c1cc(OC)c(OC)c(OC)c1. The van der Waals surface area contributed by atoms with Crippen LogP contribution in [0.4, 0.5) is 0 Å². The number of aromatic nitrogens is 2. The smallest absolute Gasteiger partial charge is 0.357 e. The van der Waals surface area contributed by atoms with Crippen LogP contribution in [0.3, 0.4) is 0 Å². The molecule has 0 aliphatic heterocycles. The zero-order valence-corrected chi connectivity index (χ0v) is 22.4. The molecule has 0 saturated heterocycles. The molecule has 0 atom stereocenters. The predicted molar refractivity (Wildman–Crippen MR) is 146 cm³/mol. The molecule has 0 aliphatic rings. The lowest BCUT2D eigenvalue weighted by Gasteiger charge is -2.19. The van der Waals surface area contributed by atoms with Crippen molar-refractivity contribution in [2.75, 3.05) is 41.6 Å². The fraction of sp³-hybridized carbons (Fsp3) is 0.276. The Morgan fingerprint density at radius 2 is 1.67 bits per heavy atom. The van der Waals surface area contributed by atoms with E-state index in [1.807, 2.05) is 36.4 Å². The number of esters is 1. The first-order valence-electron chi connectivity index (χ1n) is 12.3. The first kappa shape index (κ1) is 27.5. The van der Waals surface area contributed by atoms with Gasteiger partial charge in [-0.15, -0.1) is 0 Å². The summed E-state index contributed by atoms with van der Waals surface area (Å²) in [5.41, 5.74) is 7.65. The Morgan fingerprint density at radius 1 is 0.897 bits per heavy atom. The number of nitrogens with zero attached hydrogens (tertiary/aromatic N) is 2. The highest BCUT2D eigenvalue weighted by Crippen LogP contribution is 2.45. The number of hydrogen-bond donors (Lipinski definition) is 1. The number of methoxy groups -OCH3 is 4. The van der Waals surface area contributed by atoms with E-state index in [9.17, 15) is 4.79 Å². The minimum absolute atomic E-state index is 0.0733. The van der Waals surface area contributed by atoms with E-state index in [2.05, 4.69) is 9.97 Å². The average Bonchev–Trinajstić information content (AvgIpc) is 2.99. The van der Waals surface area contributed by atoms with Gasteiger partial charge >= 0.3 is 5.97 Å². The lowest BCUT2D eigenvalue weighted by molar-refractivity contribution is 0.0594. The van der Waals surface area contributed by atoms with Gasteiger partial charge < -0.3 is 34.2 Å². The molecule has 10 nitrogen and oxygen atoms in total. The standard InChI is InChI=1S/C29H31N3O7/c1-34-23-14-18(15-24(35-2)27(23)36-3)25-21-10-9-20(39-17-19-8-5-6-12-31-19)16-22(21)28(38-13-7-11-30)32-26(25)29(33)37-4/h5-6,8-10,12,14-16H,7,11,13,17,30H2,1-4H3. The summed E-state index contributed by atoms with van der Waals surface area (Å²) in [7, 11) is 5.88. The number of carbonyl (C=O) groups is 1. The van der Waals surface area contributed by atoms with Gasteiger partial charge in [0.25, 0.3) is 0 Å². The van der Waals surface area contributed by atoms with Gasteiger partial charge in [0.15, 0.2) is 17.2 Å². The van der Waals surface area contributed by atoms with Crippen LogP contribution in [0, 0.1) is 0 Å². The summed E-state index contributed by atoms with van der Waals surface area (Å²) in [6, 6.07) is 14.6. The van der Waals surface area contributed by atoms with Crippen molar-refractivity contribution in [3.63, 3.8) is 0 Å². The van der Waals surface area contributed by atoms with E-state index in [1.54, 1.807) is 18.3 Å². The molecule has 0 saturated carbocycles. The fourth-order valence-electron chi connectivity index (χ4n) is 4.12.